The van der Waals surface area contributed by atoms with Crippen LogP contribution in [0.1, 0.15) is 20.3 Å². The van der Waals surface area contributed by atoms with Gasteiger partial charge in [-0.25, -0.2) is 4.98 Å². The number of halogens is 1. The molecule has 0 spiro atoms. The Morgan fingerprint density at radius 1 is 1.60 bits per heavy atom. The van der Waals surface area contributed by atoms with Crippen molar-refractivity contribution in [3.63, 3.8) is 0 Å². The van der Waals surface area contributed by atoms with E-state index in [2.05, 4.69) is 24.9 Å². The molecule has 0 aromatic carbocycles. The van der Waals surface area contributed by atoms with Crippen molar-refractivity contribution in [3.8, 4) is 6.07 Å². The molecule has 0 unspecified atom stereocenters. The van der Waals surface area contributed by atoms with Crippen LogP contribution in [0.3, 0.4) is 0 Å². The van der Waals surface area contributed by atoms with E-state index >= 15 is 0 Å². The molecule has 0 atom stereocenters. The van der Waals surface area contributed by atoms with Crippen LogP contribution in [0, 0.1) is 11.3 Å². The molecule has 0 radical (unpaired) electrons. The molecule has 0 saturated heterocycles. The van der Waals surface area contributed by atoms with Gasteiger partial charge in [0.25, 0.3) is 0 Å². The van der Waals surface area contributed by atoms with Crippen LogP contribution in [0.2, 0.25) is 5.02 Å². The van der Waals surface area contributed by atoms with Gasteiger partial charge in [-0.2, -0.15) is 5.26 Å². The van der Waals surface area contributed by atoms with Gasteiger partial charge in [-0.3, -0.25) is 0 Å². The average Bonchev–Trinajstić information content (AvgIpc) is 2.20. The largest absolute Gasteiger partial charge is 0.352 e. The molecule has 0 amide bonds. The fraction of sp³-hybridized carbons (Fsp3) is 0.455. The summed E-state index contributed by atoms with van der Waals surface area (Å²) >= 11 is 6.05. The van der Waals surface area contributed by atoms with Gasteiger partial charge in [0.05, 0.1) is 17.5 Å². The van der Waals surface area contributed by atoms with Crippen LogP contribution in [-0.2, 0) is 0 Å². The Morgan fingerprint density at radius 2 is 2.33 bits per heavy atom. The van der Waals surface area contributed by atoms with E-state index in [-0.39, 0.29) is 6.04 Å². The van der Waals surface area contributed by atoms with Gasteiger partial charge in [0, 0.05) is 18.8 Å². The van der Waals surface area contributed by atoms with Gasteiger partial charge in [0.2, 0.25) is 0 Å². The van der Waals surface area contributed by atoms with Crippen molar-refractivity contribution in [1.82, 2.24) is 4.98 Å². The zero-order chi connectivity index (χ0) is 11.3. The molecule has 0 bridgehead atoms. The van der Waals surface area contributed by atoms with Crippen LogP contribution in [0.25, 0.3) is 0 Å². The van der Waals surface area contributed by atoms with E-state index in [0.717, 1.165) is 5.82 Å². The van der Waals surface area contributed by atoms with Gasteiger partial charge >= 0.3 is 0 Å². The van der Waals surface area contributed by atoms with E-state index in [4.69, 9.17) is 16.9 Å². The summed E-state index contributed by atoms with van der Waals surface area (Å²) in [5, 5.41) is 9.21. The second kappa shape index (κ2) is 5.57. The first-order chi connectivity index (χ1) is 7.16. The van der Waals surface area contributed by atoms with E-state index in [1.165, 1.54) is 0 Å². The number of aromatic nitrogens is 1. The zero-order valence-corrected chi connectivity index (χ0v) is 9.70. The maximum atomic E-state index is 8.58. The summed E-state index contributed by atoms with van der Waals surface area (Å²) in [6.45, 7) is 4.77. The lowest BCUT2D eigenvalue weighted by Crippen LogP contribution is -2.32. The lowest BCUT2D eigenvalue weighted by atomic mass is 10.3. The number of hydrogen-bond acceptors (Lipinski definition) is 3. The van der Waals surface area contributed by atoms with E-state index in [9.17, 15) is 0 Å². The fourth-order valence-electron chi connectivity index (χ4n) is 1.37. The third-order valence-electron chi connectivity index (χ3n) is 2.10. The third-order valence-corrected chi connectivity index (χ3v) is 2.39. The van der Waals surface area contributed by atoms with Crippen LogP contribution in [0.5, 0.6) is 0 Å². The molecule has 3 nitrogen and oxygen atoms in total. The minimum Gasteiger partial charge on any atom is -0.352 e. The average molecular weight is 224 g/mol. The van der Waals surface area contributed by atoms with Crippen molar-refractivity contribution < 1.29 is 0 Å². The van der Waals surface area contributed by atoms with Crippen molar-refractivity contribution >= 4 is 17.4 Å². The van der Waals surface area contributed by atoms with Crippen molar-refractivity contribution in [1.29, 1.82) is 5.26 Å². The van der Waals surface area contributed by atoms with Crippen LogP contribution < -0.4 is 4.90 Å². The minimum atomic E-state index is 0.283. The standard InChI is InChI=1S/C11H14ClN3/c1-9(2)15(8-4-6-13)11-10(12)5-3-7-14-11/h3,5,7,9H,4,8H2,1-2H3. The maximum Gasteiger partial charge on any atom is 0.147 e. The first-order valence-corrected chi connectivity index (χ1v) is 5.28. The first-order valence-electron chi connectivity index (χ1n) is 4.91. The SMILES string of the molecule is CC(C)N(CCC#N)c1ncccc1Cl. The molecule has 0 saturated carbocycles. The fourth-order valence-corrected chi connectivity index (χ4v) is 1.60. The van der Waals surface area contributed by atoms with Crippen LogP contribution in [0.15, 0.2) is 18.3 Å². The zero-order valence-electron chi connectivity index (χ0n) is 8.94. The molecule has 1 heterocycles. The summed E-state index contributed by atoms with van der Waals surface area (Å²) in [4.78, 5) is 6.27. The molecular weight excluding hydrogens is 210 g/mol. The number of hydrogen-bond donors (Lipinski definition) is 0. The van der Waals surface area contributed by atoms with Gasteiger partial charge in [0.1, 0.15) is 5.82 Å². The summed E-state index contributed by atoms with van der Waals surface area (Å²) < 4.78 is 0. The number of rotatable bonds is 4. The molecule has 80 valence electrons. The topological polar surface area (TPSA) is 39.9 Å². The second-order valence-corrected chi connectivity index (χ2v) is 3.91. The third kappa shape index (κ3) is 3.10. The van der Waals surface area contributed by atoms with E-state index in [1.807, 2.05) is 11.0 Å². The lowest BCUT2D eigenvalue weighted by Gasteiger charge is -2.27. The minimum absolute atomic E-state index is 0.283. The molecule has 0 aliphatic rings. The number of anilines is 1. The van der Waals surface area contributed by atoms with E-state index in [0.29, 0.717) is 18.0 Å². The van der Waals surface area contributed by atoms with Crippen LogP contribution >= 0.6 is 11.6 Å². The van der Waals surface area contributed by atoms with Crippen LogP contribution in [-0.4, -0.2) is 17.6 Å². The molecule has 1 aromatic rings. The number of nitriles is 1. The number of nitrogens with zero attached hydrogens (tertiary/aromatic N) is 3. The molecule has 1 aromatic heterocycles. The summed E-state index contributed by atoms with van der Waals surface area (Å²) in [5.74, 6) is 0.754. The molecule has 0 aliphatic carbocycles. The van der Waals surface area contributed by atoms with Crippen molar-refractivity contribution in [2.24, 2.45) is 0 Å². The summed E-state index contributed by atoms with van der Waals surface area (Å²) in [6, 6.07) is 6.02. The molecule has 0 N–H and O–H groups in total. The van der Waals surface area contributed by atoms with Gasteiger partial charge in [0.15, 0.2) is 0 Å². The first kappa shape index (κ1) is 11.8. The van der Waals surface area contributed by atoms with Crippen molar-refractivity contribution in [2.45, 2.75) is 26.3 Å². The quantitative estimate of drug-likeness (QED) is 0.788. The molecule has 0 aliphatic heterocycles. The molecule has 1 rings (SSSR count). The Morgan fingerprint density at radius 3 is 2.87 bits per heavy atom. The summed E-state index contributed by atoms with van der Waals surface area (Å²) in [5.41, 5.74) is 0. The molecular formula is C11H14ClN3. The Balaban J connectivity index is 2.90. The van der Waals surface area contributed by atoms with Crippen molar-refractivity contribution in [3.05, 3.63) is 23.4 Å². The van der Waals surface area contributed by atoms with E-state index < -0.39 is 0 Å². The Bertz CT molecular complexity index is 357. The summed E-state index contributed by atoms with van der Waals surface area (Å²) in [6.07, 6.45) is 2.19. The van der Waals surface area contributed by atoms with Gasteiger partial charge in [-0.05, 0) is 26.0 Å². The predicted octanol–water partition coefficient (Wildman–Crippen LogP) is 2.86. The highest BCUT2D eigenvalue weighted by Gasteiger charge is 2.13. The molecule has 15 heavy (non-hydrogen) atoms. The predicted molar refractivity (Wildman–Crippen MR) is 62.0 cm³/mol. The molecule has 4 heteroatoms. The van der Waals surface area contributed by atoms with Gasteiger partial charge in [-0.15, -0.1) is 0 Å². The smallest absolute Gasteiger partial charge is 0.147 e. The summed E-state index contributed by atoms with van der Waals surface area (Å²) in [7, 11) is 0. The monoisotopic (exact) mass is 223 g/mol. The highest BCUT2D eigenvalue weighted by molar-refractivity contribution is 6.32. The molecule has 0 fully saturated rings. The van der Waals surface area contributed by atoms with Crippen LogP contribution in [0.4, 0.5) is 5.82 Å². The highest BCUT2D eigenvalue weighted by Crippen LogP contribution is 2.23. The Kier molecular flexibility index (Phi) is 4.38. The highest BCUT2D eigenvalue weighted by atomic mass is 35.5. The van der Waals surface area contributed by atoms with E-state index in [1.54, 1.807) is 12.3 Å². The van der Waals surface area contributed by atoms with Gasteiger partial charge < -0.3 is 4.90 Å². The van der Waals surface area contributed by atoms with Gasteiger partial charge in [-0.1, -0.05) is 11.6 Å². The van der Waals surface area contributed by atoms with Crippen molar-refractivity contribution in [2.75, 3.05) is 11.4 Å². The number of pyridine rings is 1. The normalized spacial score (nSPS) is 10.1. The maximum absolute atomic E-state index is 8.58. The lowest BCUT2D eigenvalue weighted by molar-refractivity contribution is 0.677. The second-order valence-electron chi connectivity index (χ2n) is 3.50. The Labute approximate surface area is 95.3 Å². The Hall–Kier alpha value is -1.27.